The molecule has 8 heteroatoms. The van der Waals surface area contributed by atoms with Gasteiger partial charge in [-0.2, -0.15) is 0 Å². The largest absolute Gasteiger partial charge is 0.549 e. The summed E-state index contributed by atoms with van der Waals surface area (Å²) in [6.45, 7) is -2.13. The van der Waals surface area contributed by atoms with E-state index in [1.54, 1.807) is 0 Å². The smallest absolute Gasteiger partial charge is 0.0938 e. The number of hydrogen-bond acceptors (Lipinski definition) is 6. The summed E-state index contributed by atoms with van der Waals surface area (Å²) < 4.78 is 1.06. The molecule has 0 bridgehead atoms. The van der Waals surface area contributed by atoms with Crippen molar-refractivity contribution in [3.05, 3.63) is 0 Å². The Balaban J connectivity index is 0. The van der Waals surface area contributed by atoms with E-state index in [0.717, 1.165) is 4.67 Å². The Bertz CT molecular complexity index is 167. The quantitative estimate of drug-likeness (QED) is 0.355. The minimum atomic E-state index is -1.35. The van der Waals surface area contributed by atoms with Crippen LogP contribution >= 0.6 is 9.39 Å². The molecule has 0 fully saturated rings. The molecule has 14 heavy (non-hydrogen) atoms. The van der Waals surface area contributed by atoms with E-state index < -0.39 is 37.9 Å². The van der Waals surface area contributed by atoms with Gasteiger partial charge >= 0.3 is 0 Å². The Labute approximate surface area is 84.2 Å². The number of aliphatic hydroxyl groups is 3. The molecule has 0 aliphatic rings. The lowest BCUT2D eigenvalue weighted by atomic mass is 10.0. The van der Waals surface area contributed by atoms with E-state index in [9.17, 15) is 9.90 Å². The number of hydrogen-bond donors (Lipinski definition) is 4. The number of carbonyl (C=O) groups excluding carboxylic acids is 1. The summed E-state index contributed by atoms with van der Waals surface area (Å²) in [5.74, 6) is -1.35. The lowest BCUT2D eigenvalue weighted by molar-refractivity contribution is -0.306. The molecule has 0 spiro atoms. The van der Waals surface area contributed by atoms with Crippen molar-refractivity contribution < 1.29 is 25.2 Å². The predicted molar refractivity (Wildman–Crippen MR) is 51.4 cm³/mol. The van der Waals surface area contributed by atoms with Gasteiger partial charge in [0.05, 0.1) is 31.3 Å². The number of aliphatic hydroxyl groups excluding tert-OH is 3. The standard InChI is InChI=1S/C6H14NO5P.H3N/c8-2-6(3-9,4-10)7(13)1-5(11)12;/h8-10H,1-4,13H2,(H,11,12);1H3. The first-order valence-corrected chi connectivity index (χ1v) is 4.09. The summed E-state index contributed by atoms with van der Waals surface area (Å²) in [7, 11) is 2.01. The Morgan fingerprint density at radius 2 is 1.64 bits per heavy atom. The molecule has 0 aliphatic heterocycles. The van der Waals surface area contributed by atoms with Crippen LogP contribution in [0, 0.1) is 0 Å². The van der Waals surface area contributed by atoms with Gasteiger partial charge in [0, 0.05) is 6.54 Å². The molecule has 0 saturated heterocycles. The maximum absolute atomic E-state index is 10.2. The highest BCUT2D eigenvalue weighted by Gasteiger charge is 2.32. The van der Waals surface area contributed by atoms with E-state index in [1.807, 2.05) is 9.39 Å². The van der Waals surface area contributed by atoms with Crippen LogP contribution in [0.25, 0.3) is 0 Å². The maximum atomic E-state index is 10.2. The molecule has 0 saturated carbocycles. The van der Waals surface area contributed by atoms with Crippen molar-refractivity contribution in [1.29, 1.82) is 0 Å². The molecule has 0 heterocycles. The zero-order chi connectivity index (χ0) is 10.5. The first-order valence-electron chi connectivity index (χ1n) is 3.57. The Hall–Kier alpha value is -0.300. The third-order valence-electron chi connectivity index (χ3n) is 1.79. The minimum absolute atomic E-state index is 0. The van der Waals surface area contributed by atoms with Crippen LogP contribution in [0.15, 0.2) is 0 Å². The highest BCUT2D eigenvalue weighted by atomic mass is 31.0. The molecule has 0 aliphatic carbocycles. The molecular formula is C6H17N2O5P. The maximum Gasteiger partial charge on any atom is 0.0938 e. The number of aliphatic carboxylic acids is 1. The van der Waals surface area contributed by atoms with Crippen LogP contribution in [0.4, 0.5) is 0 Å². The van der Waals surface area contributed by atoms with Crippen LogP contribution < -0.4 is 11.3 Å². The SMILES string of the molecule is O=C([O-])CN(P)C(CO)(CO)CO.[NH4+]. The summed E-state index contributed by atoms with van der Waals surface area (Å²) in [6.07, 6.45) is 0. The number of carbonyl (C=O) groups is 1. The average Bonchev–Trinajstić information content (AvgIpc) is 2.07. The number of nitrogens with zero attached hydrogens (tertiary/aromatic N) is 1. The summed E-state index contributed by atoms with van der Waals surface area (Å²) in [4.78, 5) is 10.2. The third kappa shape index (κ3) is 3.83. The van der Waals surface area contributed by atoms with Crippen LogP contribution in [0.5, 0.6) is 0 Å². The Morgan fingerprint density at radius 3 is 1.86 bits per heavy atom. The molecule has 0 radical (unpaired) electrons. The number of rotatable bonds is 6. The van der Waals surface area contributed by atoms with Gasteiger partial charge in [-0.05, 0) is 0 Å². The number of carboxylic acid groups (broad SMARTS) is 1. The van der Waals surface area contributed by atoms with Crippen molar-refractivity contribution in [1.82, 2.24) is 10.8 Å². The highest BCUT2D eigenvalue weighted by molar-refractivity contribution is 7.13. The molecule has 1 unspecified atom stereocenters. The first kappa shape index (κ1) is 16.1. The summed E-state index contributed by atoms with van der Waals surface area (Å²) in [6, 6.07) is 0. The van der Waals surface area contributed by atoms with E-state index in [4.69, 9.17) is 15.3 Å². The van der Waals surface area contributed by atoms with Gasteiger partial charge in [0.1, 0.15) is 0 Å². The Kier molecular flexibility index (Phi) is 8.13. The van der Waals surface area contributed by atoms with Gasteiger partial charge in [-0.3, -0.25) is 4.67 Å². The van der Waals surface area contributed by atoms with E-state index >= 15 is 0 Å². The Morgan fingerprint density at radius 1 is 1.29 bits per heavy atom. The van der Waals surface area contributed by atoms with Gasteiger partial charge in [0.2, 0.25) is 0 Å². The average molecular weight is 228 g/mol. The molecule has 7 N–H and O–H groups in total. The monoisotopic (exact) mass is 228 g/mol. The second-order valence-corrected chi connectivity index (χ2v) is 3.32. The molecular weight excluding hydrogens is 211 g/mol. The summed E-state index contributed by atoms with van der Waals surface area (Å²) in [5.41, 5.74) is -1.34. The van der Waals surface area contributed by atoms with Crippen molar-refractivity contribution in [3.8, 4) is 0 Å². The third-order valence-corrected chi connectivity index (χ3v) is 2.52. The fraction of sp³-hybridized carbons (Fsp3) is 0.833. The van der Waals surface area contributed by atoms with Crippen molar-refractivity contribution in [2.24, 2.45) is 0 Å². The van der Waals surface area contributed by atoms with Gasteiger partial charge in [-0.25, -0.2) is 0 Å². The topological polar surface area (TPSA) is 141 Å². The molecule has 0 rings (SSSR count). The van der Waals surface area contributed by atoms with Crippen LogP contribution in [0.2, 0.25) is 0 Å². The van der Waals surface area contributed by atoms with Crippen molar-refractivity contribution in [3.63, 3.8) is 0 Å². The van der Waals surface area contributed by atoms with Gasteiger partial charge in [0.25, 0.3) is 0 Å². The minimum Gasteiger partial charge on any atom is -0.549 e. The lowest BCUT2D eigenvalue weighted by Crippen LogP contribution is -2.55. The fourth-order valence-corrected chi connectivity index (χ4v) is 1.12. The van der Waals surface area contributed by atoms with Gasteiger partial charge in [-0.15, -0.1) is 0 Å². The van der Waals surface area contributed by atoms with Gasteiger partial charge < -0.3 is 31.4 Å². The van der Waals surface area contributed by atoms with Gasteiger partial charge in [0.15, 0.2) is 0 Å². The number of quaternary nitrogens is 1. The van der Waals surface area contributed by atoms with Crippen LogP contribution in [-0.4, -0.2) is 57.9 Å². The highest BCUT2D eigenvalue weighted by Crippen LogP contribution is 2.17. The second-order valence-electron chi connectivity index (χ2n) is 2.70. The molecule has 0 amide bonds. The molecule has 7 nitrogen and oxygen atoms in total. The van der Waals surface area contributed by atoms with Gasteiger partial charge in [-0.1, -0.05) is 9.39 Å². The van der Waals surface area contributed by atoms with Crippen molar-refractivity contribution >= 4 is 15.4 Å². The summed E-state index contributed by atoms with van der Waals surface area (Å²) >= 11 is 0. The van der Waals surface area contributed by atoms with E-state index in [2.05, 4.69) is 0 Å². The molecule has 0 aromatic heterocycles. The fourth-order valence-electron chi connectivity index (χ4n) is 0.729. The van der Waals surface area contributed by atoms with E-state index in [-0.39, 0.29) is 6.15 Å². The number of carboxylic acids is 1. The van der Waals surface area contributed by atoms with Crippen molar-refractivity contribution in [2.75, 3.05) is 26.4 Å². The molecule has 0 aromatic carbocycles. The molecule has 0 aromatic rings. The predicted octanol–water partition coefficient (Wildman–Crippen LogP) is -3.08. The zero-order valence-corrected chi connectivity index (χ0v) is 9.17. The summed E-state index contributed by atoms with van der Waals surface area (Å²) in [5, 5.41) is 36.8. The van der Waals surface area contributed by atoms with E-state index in [0.29, 0.717) is 0 Å². The normalized spacial score (nSPS) is 11.2. The second kappa shape index (κ2) is 7.05. The molecule has 86 valence electrons. The lowest BCUT2D eigenvalue weighted by Gasteiger charge is -2.37. The van der Waals surface area contributed by atoms with Crippen LogP contribution in [0.3, 0.4) is 0 Å². The van der Waals surface area contributed by atoms with E-state index in [1.165, 1.54) is 0 Å². The van der Waals surface area contributed by atoms with Crippen molar-refractivity contribution in [2.45, 2.75) is 5.54 Å². The molecule has 1 atom stereocenters. The van der Waals surface area contributed by atoms with Crippen LogP contribution in [0.1, 0.15) is 0 Å². The zero-order valence-electron chi connectivity index (χ0n) is 8.01. The first-order chi connectivity index (χ1) is 6.02. The van der Waals surface area contributed by atoms with Crippen LogP contribution in [-0.2, 0) is 4.79 Å².